The third-order valence-corrected chi connectivity index (χ3v) is 3.40. The zero-order valence-corrected chi connectivity index (χ0v) is 11.8. The molecule has 0 unspecified atom stereocenters. The van der Waals surface area contributed by atoms with E-state index in [2.05, 4.69) is 20.6 Å². The number of aromatic nitrogens is 2. The second-order valence-corrected chi connectivity index (χ2v) is 5.29. The van der Waals surface area contributed by atoms with Crippen LogP contribution in [0.4, 0.5) is 11.6 Å². The molecule has 6 heteroatoms. The monoisotopic (exact) mass is 278 g/mol. The predicted octanol–water partition coefficient (Wildman–Crippen LogP) is 2.35. The minimum absolute atomic E-state index is 0.557. The zero-order valence-electron chi connectivity index (χ0n) is 11.8. The van der Waals surface area contributed by atoms with Crippen molar-refractivity contribution >= 4 is 17.6 Å². The lowest BCUT2D eigenvalue weighted by atomic mass is 10.1. The van der Waals surface area contributed by atoms with E-state index in [0.717, 1.165) is 31.1 Å². The molecule has 0 bridgehead atoms. The predicted molar refractivity (Wildman–Crippen MR) is 77.8 cm³/mol. The van der Waals surface area contributed by atoms with Gasteiger partial charge in [0.05, 0.1) is 0 Å². The Morgan fingerprint density at radius 1 is 1.45 bits per heavy atom. The lowest BCUT2D eigenvalue weighted by Gasteiger charge is -2.15. The molecule has 0 aliphatic heterocycles. The van der Waals surface area contributed by atoms with Crippen molar-refractivity contribution in [1.29, 1.82) is 0 Å². The molecule has 0 radical (unpaired) electrons. The van der Waals surface area contributed by atoms with Crippen molar-refractivity contribution in [3.8, 4) is 0 Å². The topological polar surface area (TPSA) is 87.1 Å². The first-order valence-electron chi connectivity index (χ1n) is 7.24. The van der Waals surface area contributed by atoms with Gasteiger partial charge in [0, 0.05) is 12.6 Å². The Balaban J connectivity index is 1.91. The molecule has 6 nitrogen and oxygen atoms in total. The fourth-order valence-corrected chi connectivity index (χ4v) is 1.95. The van der Waals surface area contributed by atoms with E-state index in [0.29, 0.717) is 12.2 Å². The molecular formula is C14H22N4O2. The van der Waals surface area contributed by atoms with E-state index in [-0.39, 0.29) is 0 Å². The minimum Gasteiger partial charge on any atom is -0.480 e. The van der Waals surface area contributed by atoms with Gasteiger partial charge in [0.15, 0.2) is 0 Å². The van der Waals surface area contributed by atoms with Gasteiger partial charge in [0.2, 0.25) is 0 Å². The number of nitrogens with one attached hydrogen (secondary N) is 2. The summed E-state index contributed by atoms with van der Waals surface area (Å²) in [5.74, 6) is 1.22. The molecule has 1 fully saturated rings. The van der Waals surface area contributed by atoms with E-state index in [4.69, 9.17) is 0 Å². The largest absolute Gasteiger partial charge is 0.480 e. The highest BCUT2D eigenvalue weighted by molar-refractivity contribution is 5.76. The van der Waals surface area contributed by atoms with Crippen molar-refractivity contribution in [2.45, 2.75) is 45.1 Å². The number of nitrogens with zero attached hydrogens (tertiary/aromatic N) is 2. The van der Waals surface area contributed by atoms with Crippen LogP contribution in [0.2, 0.25) is 0 Å². The summed E-state index contributed by atoms with van der Waals surface area (Å²) in [6.07, 6.45) is 6.46. The number of carbonyl (C=O) groups is 1. The lowest BCUT2D eigenvalue weighted by molar-refractivity contribution is -0.138. The minimum atomic E-state index is -0.843. The van der Waals surface area contributed by atoms with Crippen molar-refractivity contribution in [1.82, 2.24) is 9.97 Å². The van der Waals surface area contributed by atoms with Gasteiger partial charge in [0.25, 0.3) is 0 Å². The zero-order chi connectivity index (χ0) is 14.4. The molecule has 110 valence electrons. The molecule has 1 heterocycles. The van der Waals surface area contributed by atoms with Gasteiger partial charge < -0.3 is 15.7 Å². The molecule has 0 spiro atoms. The molecular weight excluding hydrogens is 256 g/mol. The molecule has 1 aromatic rings. The van der Waals surface area contributed by atoms with Crippen LogP contribution in [0.15, 0.2) is 12.4 Å². The molecule has 0 saturated heterocycles. The molecule has 20 heavy (non-hydrogen) atoms. The summed E-state index contributed by atoms with van der Waals surface area (Å²) in [6, 6.07) is 1.17. The van der Waals surface area contributed by atoms with Crippen LogP contribution < -0.4 is 10.6 Å². The van der Waals surface area contributed by atoms with Crippen molar-refractivity contribution in [3.63, 3.8) is 0 Å². The molecule has 0 amide bonds. The maximum absolute atomic E-state index is 11.2. The highest BCUT2D eigenvalue weighted by atomic mass is 16.4. The smallest absolute Gasteiger partial charge is 0.326 e. The van der Waals surface area contributed by atoms with Gasteiger partial charge in [-0.05, 0) is 25.2 Å². The number of carboxylic acid groups (broad SMARTS) is 1. The van der Waals surface area contributed by atoms with Gasteiger partial charge in [-0.1, -0.05) is 19.8 Å². The third-order valence-electron chi connectivity index (χ3n) is 3.40. The molecule has 3 N–H and O–H groups in total. The Morgan fingerprint density at radius 3 is 2.85 bits per heavy atom. The molecule has 1 aliphatic rings. The van der Waals surface area contributed by atoms with Crippen LogP contribution in [0.1, 0.15) is 39.0 Å². The Morgan fingerprint density at radius 2 is 2.20 bits per heavy atom. The number of anilines is 2. The van der Waals surface area contributed by atoms with Crippen LogP contribution in [-0.4, -0.2) is 33.6 Å². The van der Waals surface area contributed by atoms with Gasteiger partial charge in [-0.3, -0.25) is 0 Å². The summed E-state index contributed by atoms with van der Waals surface area (Å²) in [5.41, 5.74) is 0. The Hall–Kier alpha value is -1.85. The van der Waals surface area contributed by atoms with E-state index < -0.39 is 12.0 Å². The van der Waals surface area contributed by atoms with Gasteiger partial charge in [-0.15, -0.1) is 0 Å². The van der Waals surface area contributed by atoms with Crippen molar-refractivity contribution < 1.29 is 9.90 Å². The van der Waals surface area contributed by atoms with E-state index in [1.807, 2.05) is 6.92 Å². The SMILES string of the molecule is CCCC[C@H](Nc1cc(NCC2CC2)ncn1)C(=O)O. The fraction of sp³-hybridized carbons (Fsp3) is 0.643. The number of aliphatic carboxylic acids is 1. The van der Waals surface area contributed by atoms with E-state index in [1.54, 1.807) is 6.07 Å². The van der Waals surface area contributed by atoms with E-state index >= 15 is 0 Å². The Labute approximate surface area is 119 Å². The van der Waals surface area contributed by atoms with Gasteiger partial charge in [-0.2, -0.15) is 0 Å². The maximum atomic E-state index is 11.2. The third kappa shape index (κ3) is 4.68. The number of rotatable bonds is 9. The standard InChI is InChI=1S/C14H22N4O2/c1-2-3-4-11(14(19)20)18-13-7-12(16-9-17-13)15-8-10-5-6-10/h7,9-11H,2-6,8H2,1H3,(H,19,20)(H2,15,16,17,18)/t11-/m0/s1. The van der Waals surface area contributed by atoms with Crippen LogP contribution in [0.3, 0.4) is 0 Å². The average Bonchev–Trinajstić information content (AvgIpc) is 3.25. The van der Waals surface area contributed by atoms with Crippen molar-refractivity contribution in [2.24, 2.45) is 5.92 Å². The number of hydrogen-bond acceptors (Lipinski definition) is 5. The van der Waals surface area contributed by atoms with Crippen LogP contribution in [0, 0.1) is 5.92 Å². The Kier molecular flexibility index (Phi) is 5.15. The molecule has 2 rings (SSSR count). The first-order valence-corrected chi connectivity index (χ1v) is 7.24. The second-order valence-electron chi connectivity index (χ2n) is 5.29. The first-order chi connectivity index (χ1) is 9.69. The van der Waals surface area contributed by atoms with Crippen LogP contribution >= 0.6 is 0 Å². The fourth-order valence-electron chi connectivity index (χ4n) is 1.95. The molecule has 1 aromatic heterocycles. The first kappa shape index (κ1) is 14.6. The average molecular weight is 278 g/mol. The molecule has 1 aliphatic carbocycles. The molecule has 0 aromatic carbocycles. The van der Waals surface area contributed by atoms with Crippen molar-refractivity contribution in [3.05, 3.63) is 12.4 Å². The Bertz CT molecular complexity index is 449. The summed E-state index contributed by atoms with van der Waals surface area (Å²) < 4.78 is 0. The maximum Gasteiger partial charge on any atom is 0.326 e. The molecule has 1 saturated carbocycles. The van der Waals surface area contributed by atoms with E-state index in [1.165, 1.54) is 19.2 Å². The number of carboxylic acids is 1. The quantitative estimate of drug-likeness (QED) is 0.642. The highest BCUT2D eigenvalue weighted by Gasteiger charge is 2.21. The number of hydrogen-bond donors (Lipinski definition) is 3. The second kappa shape index (κ2) is 7.07. The van der Waals surface area contributed by atoms with Gasteiger partial charge in [-0.25, -0.2) is 14.8 Å². The summed E-state index contributed by atoms with van der Waals surface area (Å²) in [7, 11) is 0. The van der Waals surface area contributed by atoms with Crippen LogP contribution in [0.25, 0.3) is 0 Å². The van der Waals surface area contributed by atoms with Crippen molar-refractivity contribution in [2.75, 3.05) is 17.2 Å². The molecule has 1 atom stereocenters. The van der Waals surface area contributed by atoms with Crippen LogP contribution in [-0.2, 0) is 4.79 Å². The summed E-state index contributed by atoms with van der Waals surface area (Å²) in [5, 5.41) is 15.4. The summed E-state index contributed by atoms with van der Waals surface area (Å²) in [4.78, 5) is 19.4. The summed E-state index contributed by atoms with van der Waals surface area (Å²) >= 11 is 0. The number of unbranched alkanes of at least 4 members (excludes halogenated alkanes) is 1. The van der Waals surface area contributed by atoms with Crippen LogP contribution in [0.5, 0.6) is 0 Å². The van der Waals surface area contributed by atoms with Gasteiger partial charge in [0.1, 0.15) is 24.0 Å². The lowest BCUT2D eigenvalue weighted by Crippen LogP contribution is -2.29. The van der Waals surface area contributed by atoms with Gasteiger partial charge >= 0.3 is 5.97 Å². The van der Waals surface area contributed by atoms with E-state index in [9.17, 15) is 9.90 Å². The highest BCUT2D eigenvalue weighted by Crippen LogP contribution is 2.28. The normalized spacial score (nSPS) is 15.7. The summed E-state index contributed by atoms with van der Waals surface area (Å²) in [6.45, 7) is 2.97.